The Hall–Kier alpha value is -1.88. The minimum atomic E-state index is -0.237. The summed E-state index contributed by atoms with van der Waals surface area (Å²) < 4.78 is 0. The van der Waals surface area contributed by atoms with E-state index in [4.69, 9.17) is 11.6 Å². The van der Waals surface area contributed by atoms with Gasteiger partial charge >= 0.3 is 0 Å². The monoisotopic (exact) mass is 277 g/mol. The van der Waals surface area contributed by atoms with Crippen LogP contribution in [0.15, 0.2) is 29.4 Å². The summed E-state index contributed by atoms with van der Waals surface area (Å²) in [6.07, 6.45) is 0.870. The van der Waals surface area contributed by atoms with Crippen LogP contribution >= 0.6 is 11.6 Å². The van der Waals surface area contributed by atoms with Gasteiger partial charge in [0.25, 0.3) is 0 Å². The lowest BCUT2D eigenvalue weighted by Gasteiger charge is -2.12. The SMILES string of the molecule is O=C(CCl)Nc1ccc(C2=NNC(=O)C3CC23)cc1. The van der Waals surface area contributed by atoms with Crippen molar-refractivity contribution in [2.75, 3.05) is 11.2 Å². The number of nitrogens with zero attached hydrogens (tertiary/aromatic N) is 1. The van der Waals surface area contributed by atoms with E-state index in [1.807, 2.05) is 12.1 Å². The molecule has 1 aromatic carbocycles. The largest absolute Gasteiger partial charge is 0.325 e. The molecule has 1 saturated carbocycles. The van der Waals surface area contributed by atoms with Gasteiger partial charge in [-0.2, -0.15) is 5.10 Å². The maximum absolute atomic E-state index is 11.3. The van der Waals surface area contributed by atoms with Gasteiger partial charge in [-0.1, -0.05) is 12.1 Å². The molecule has 0 aromatic heterocycles. The van der Waals surface area contributed by atoms with E-state index in [0.29, 0.717) is 5.69 Å². The van der Waals surface area contributed by atoms with Crippen LogP contribution < -0.4 is 10.7 Å². The van der Waals surface area contributed by atoms with Crippen LogP contribution in [-0.2, 0) is 9.59 Å². The third-order valence-corrected chi connectivity index (χ3v) is 3.59. The molecule has 0 spiro atoms. The molecule has 1 aliphatic heterocycles. The number of alkyl halides is 1. The Balaban J connectivity index is 1.76. The van der Waals surface area contributed by atoms with Crippen molar-refractivity contribution in [3.05, 3.63) is 29.8 Å². The minimum absolute atomic E-state index is 0.0137. The molecule has 2 amide bonds. The zero-order valence-corrected chi connectivity index (χ0v) is 10.8. The molecule has 5 nitrogen and oxygen atoms in total. The van der Waals surface area contributed by atoms with Gasteiger partial charge in [0.2, 0.25) is 11.8 Å². The fraction of sp³-hybridized carbons (Fsp3) is 0.308. The summed E-state index contributed by atoms with van der Waals surface area (Å²) in [4.78, 5) is 22.5. The van der Waals surface area contributed by atoms with E-state index in [1.165, 1.54) is 0 Å². The standard InChI is InChI=1S/C13H12ClN3O2/c14-6-11(18)15-8-3-1-7(2-4-8)12-9-5-10(9)13(19)17-16-12/h1-4,9-10H,5-6H2,(H,15,18)(H,17,19). The number of amides is 2. The molecule has 98 valence electrons. The molecule has 1 heterocycles. The van der Waals surface area contributed by atoms with E-state index < -0.39 is 0 Å². The van der Waals surface area contributed by atoms with Crippen molar-refractivity contribution in [2.24, 2.45) is 16.9 Å². The lowest BCUT2D eigenvalue weighted by atomic mass is 10.0. The number of carbonyl (C=O) groups is 2. The third kappa shape index (κ3) is 2.33. The quantitative estimate of drug-likeness (QED) is 0.819. The highest BCUT2D eigenvalue weighted by atomic mass is 35.5. The molecule has 1 fully saturated rings. The van der Waals surface area contributed by atoms with Gasteiger partial charge in [-0.05, 0) is 24.1 Å². The minimum Gasteiger partial charge on any atom is -0.325 e. The molecular weight excluding hydrogens is 266 g/mol. The number of anilines is 1. The van der Waals surface area contributed by atoms with Crippen LogP contribution in [0.3, 0.4) is 0 Å². The van der Waals surface area contributed by atoms with Gasteiger partial charge in [0.05, 0.1) is 5.71 Å². The Morgan fingerprint density at radius 2 is 2.11 bits per heavy atom. The molecule has 19 heavy (non-hydrogen) atoms. The van der Waals surface area contributed by atoms with Crippen LogP contribution in [0.4, 0.5) is 5.69 Å². The lowest BCUT2D eigenvalue weighted by molar-refractivity contribution is -0.122. The first-order chi connectivity index (χ1) is 9.19. The Kier molecular flexibility index (Phi) is 2.98. The van der Waals surface area contributed by atoms with Gasteiger partial charge in [-0.25, -0.2) is 5.43 Å². The molecule has 3 rings (SSSR count). The van der Waals surface area contributed by atoms with Crippen LogP contribution in [0.25, 0.3) is 0 Å². The van der Waals surface area contributed by atoms with E-state index in [9.17, 15) is 9.59 Å². The fourth-order valence-corrected chi connectivity index (χ4v) is 2.33. The highest BCUT2D eigenvalue weighted by Crippen LogP contribution is 2.43. The average molecular weight is 278 g/mol. The zero-order valence-electron chi connectivity index (χ0n) is 10.0. The highest BCUT2D eigenvalue weighted by Gasteiger charge is 2.49. The van der Waals surface area contributed by atoms with Crippen LogP contribution in [0, 0.1) is 11.8 Å². The first-order valence-electron chi connectivity index (χ1n) is 6.02. The second kappa shape index (κ2) is 4.66. The average Bonchev–Trinajstić information content (AvgIpc) is 3.21. The Labute approximate surface area is 115 Å². The van der Waals surface area contributed by atoms with Crippen LogP contribution in [0.2, 0.25) is 0 Å². The van der Waals surface area contributed by atoms with Gasteiger partial charge in [0.15, 0.2) is 0 Å². The number of carbonyl (C=O) groups excluding carboxylic acids is 2. The molecule has 2 aliphatic rings. The maximum Gasteiger partial charge on any atom is 0.243 e. The highest BCUT2D eigenvalue weighted by molar-refractivity contribution is 6.29. The number of hydrogen-bond donors (Lipinski definition) is 2. The molecule has 6 heteroatoms. The summed E-state index contributed by atoms with van der Waals surface area (Å²) in [6, 6.07) is 7.37. The second-order valence-corrected chi connectivity index (χ2v) is 4.95. The number of nitrogens with one attached hydrogen (secondary N) is 2. The van der Waals surface area contributed by atoms with Gasteiger partial charge in [-0.15, -0.1) is 11.6 Å². The topological polar surface area (TPSA) is 70.6 Å². The number of halogens is 1. The van der Waals surface area contributed by atoms with Gasteiger partial charge in [0, 0.05) is 17.5 Å². The number of hydrogen-bond acceptors (Lipinski definition) is 3. The molecule has 2 unspecified atom stereocenters. The predicted molar refractivity (Wildman–Crippen MR) is 72.1 cm³/mol. The number of benzene rings is 1. The summed E-state index contributed by atoms with van der Waals surface area (Å²) in [6.45, 7) is 0. The van der Waals surface area contributed by atoms with Crippen molar-refractivity contribution in [1.82, 2.24) is 5.43 Å². The van der Waals surface area contributed by atoms with Gasteiger partial charge < -0.3 is 5.32 Å². The summed E-state index contributed by atoms with van der Waals surface area (Å²) in [5.74, 6) is 0.0448. The summed E-state index contributed by atoms with van der Waals surface area (Å²) >= 11 is 5.42. The Bertz CT molecular complexity index is 568. The Morgan fingerprint density at radius 1 is 1.37 bits per heavy atom. The number of hydrazone groups is 1. The van der Waals surface area contributed by atoms with Crippen LogP contribution in [0.5, 0.6) is 0 Å². The van der Waals surface area contributed by atoms with Gasteiger partial charge in [-0.3, -0.25) is 9.59 Å². The number of fused-ring (bicyclic) bond motifs is 1. The molecule has 1 aromatic rings. The molecule has 1 aliphatic carbocycles. The van der Waals surface area contributed by atoms with E-state index in [2.05, 4.69) is 15.8 Å². The molecular formula is C13H12ClN3O2. The summed E-state index contributed by atoms with van der Waals surface area (Å²) in [7, 11) is 0. The number of rotatable bonds is 3. The summed E-state index contributed by atoms with van der Waals surface area (Å²) in [5.41, 5.74) is 5.12. The first kappa shape index (κ1) is 12.2. The van der Waals surface area contributed by atoms with Crippen LogP contribution in [0.1, 0.15) is 12.0 Å². The predicted octanol–water partition coefficient (Wildman–Crippen LogP) is 1.33. The first-order valence-corrected chi connectivity index (χ1v) is 6.56. The van der Waals surface area contributed by atoms with Crippen molar-refractivity contribution >= 4 is 34.8 Å². The Morgan fingerprint density at radius 3 is 2.79 bits per heavy atom. The third-order valence-electron chi connectivity index (χ3n) is 3.35. The van der Waals surface area contributed by atoms with E-state index in [0.717, 1.165) is 17.7 Å². The molecule has 2 N–H and O–H groups in total. The zero-order chi connectivity index (χ0) is 13.4. The maximum atomic E-state index is 11.3. The molecule has 0 saturated heterocycles. The van der Waals surface area contributed by atoms with Crippen molar-refractivity contribution in [3.63, 3.8) is 0 Å². The lowest BCUT2D eigenvalue weighted by Crippen LogP contribution is -2.28. The van der Waals surface area contributed by atoms with E-state index in [-0.39, 0.29) is 29.5 Å². The smallest absolute Gasteiger partial charge is 0.243 e. The molecule has 0 radical (unpaired) electrons. The second-order valence-electron chi connectivity index (χ2n) is 4.68. The van der Waals surface area contributed by atoms with Crippen LogP contribution in [-0.4, -0.2) is 23.4 Å². The van der Waals surface area contributed by atoms with Crippen molar-refractivity contribution < 1.29 is 9.59 Å². The molecule has 2 atom stereocenters. The normalized spacial score (nSPS) is 24.1. The van der Waals surface area contributed by atoms with E-state index >= 15 is 0 Å². The summed E-state index contributed by atoms with van der Waals surface area (Å²) in [5, 5.41) is 6.79. The van der Waals surface area contributed by atoms with Crippen molar-refractivity contribution in [1.29, 1.82) is 0 Å². The van der Waals surface area contributed by atoms with Gasteiger partial charge in [0.1, 0.15) is 5.88 Å². The molecule has 0 bridgehead atoms. The fourth-order valence-electron chi connectivity index (χ4n) is 2.27. The van der Waals surface area contributed by atoms with Crippen molar-refractivity contribution in [2.45, 2.75) is 6.42 Å². The van der Waals surface area contributed by atoms with E-state index in [1.54, 1.807) is 12.1 Å². The van der Waals surface area contributed by atoms with Crippen molar-refractivity contribution in [3.8, 4) is 0 Å².